The number of benzene rings is 2. The van der Waals surface area contributed by atoms with Gasteiger partial charge in [0, 0.05) is 45.9 Å². The molecule has 2 aromatic carbocycles. The van der Waals surface area contributed by atoms with Gasteiger partial charge in [0.25, 0.3) is 0 Å². The first-order valence-corrected chi connectivity index (χ1v) is 31.0. The Bertz CT molecular complexity index is 1640. The third-order valence-corrected chi connectivity index (χ3v) is 13.5. The molecule has 7 rings (SSSR count). The standard InChI is InChI=1S/C40H48O2Si4/c1-43(2,3)25-21-37-29-17-13-14-18-30(29)38(41-37,22-26-44(4,5)6)34-33(37)35-36(34)40(24-28-46(10,11)12)32-20-16-15-19-31(32)39(35,42-40)23-27-45(7,8)9/h13-20,33-36H,1-12H3/t33?,34?,35?,36?,37-,38+,39-,40+. The molecule has 1 aliphatic carbocycles. The molecule has 0 spiro atoms. The zero-order valence-corrected chi connectivity index (χ0v) is 33.7. The Morgan fingerprint density at radius 3 is 0.761 bits per heavy atom. The smallest absolute Gasteiger partial charge is 0.160 e. The molecule has 0 N–H and O–H groups in total. The fraction of sp³-hybridized carbons (Fsp3) is 0.500. The van der Waals surface area contributed by atoms with Crippen molar-refractivity contribution in [3.05, 3.63) is 70.8 Å². The topological polar surface area (TPSA) is 18.5 Å². The summed E-state index contributed by atoms with van der Waals surface area (Å²) in [5.41, 5.74) is 17.0. The SMILES string of the molecule is C[Si](C)(C)C#C[C@]12O[C@](C#C[Si](C)(C)C)(c3ccccc31)C1C2C2C1[C@]1(C#C[Si](C)(C)C)O[C@@]2(C#C[Si](C)(C)C)c2ccccc21. The van der Waals surface area contributed by atoms with Crippen molar-refractivity contribution in [3.8, 4) is 45.9 Å². The van der Waals surface area contributed by atoms with Gasteiger partial charge in [-0.1, -0.05) is 151 Å². The van der Waals surface area contributed by atoms with Crippen LogP contribution >= 0.6 is 0 Å². The van der Waals surface area contributed by atoms with Crippen molar-refractivity contribution in [2.24, 2.45) is 23.7 Å². The highest BCUT2D eigenvalue weighted by Gasteiger charge is 2.89. The van der Waals surface area contributed by atoms with E-state index in [4.69, 9.17) is 9.47 Å². The molecule has 2 nitrogen and oxygen atoms in total. The third kappa shape index (κ3) is 4.45. The van der Waals surface area contributed by atoms with Crippen molar-refractivity contribution in [2.45, 2.75) is 101 Å². The molecule has 3 fully saturated rings. The molecule has 8 atom stereocenters. The van der Waals surface area contributed by atoms with Crippen LogP contribution in [0.3, 0.4) is 0 Å². The molecule has 4 unspecified atom stereocenters. The number of fused-ring (bicyclic) bond motifs is 18. The maximum absolute atomic E-state index is 7.60. The second kappa shape index (κ2) is 9.55. The van der Waals surface area contributed by atoms with Crippen molar-refractivity contribution in [1.29, 1.82) is 0 Å². The van der Waals surface area contributed by atoms with Gasteiger partial charge in [-0.2, -0.15) is 0 Å². The predicted molar refractivity (Wildman–Crippen MR) is 200 cm³/mol. The van der Waals surface area contributed by atoms with Crippen LogP contribution in [0.5, 0.6) is 0 Å². The van der Waals surface area contributed by atoms with Gasteiger partial charge in [-0.05, 0) is 0 Å². The summed E-state index contributed by atoms with van der Waals surface area (Å²) in [5.74, 6) is 16.0. The van der Waals surface area contributed by atoms with Crippen molar-refractivity contribution in [1.82, 2.24) is 0 Å². The highest BCUT2D eigenvalue weighted by atomic mass is 28.3. The van der Waals surface area contributed by atoms with Crippen LogP contribution in [0, 0.1) is 69.5 Å². The van der Waals surface area contributed by atoms with E-state index in [0.29, 0.717) is 0 Å². The lowest BCUT2D eigenvalue weighted by atomic mass is 9.38. The van der Waals surface area contributed by atoms with E-state index in [1.165, 1.54) is 22.3 Å². The Balaban J connectivity index is 1.58. The molecule has 4 heterocycles. The summed E-state index contributed by atoms with van der Waals surface area (Å²) in [6, 6.07) is 17.7. The second-order valence-electron chi connectivity index (χ2n) is 18.3. The Morgan fingerprint density at radius 1 is 0.391 bits per heavy atom. The molecule has 0 aromatic heterocycles. The lowest BCUT2D eigenvalue weighted by molar-refractivity contribution is -0.0669. The average Bonchev–Trinajstić information content (AvgIpc) is 3.54. The monoisotopic (exact) mass is 672 g/mol. The normalized spacial score (nSPS) is 35.7. The third-order valence-electron chi connectivity index (χ3n) is 10.0. The van der Waals surface area contributed by atoms with Gasteiger partial charge in [0.05, 0.1) is 0 Å². The molecule has 46 heavy (non-hydrogen) atoms. The molecule has 4 aliphatic heterocycles. The summed E-state index contributed by atoms with van der Waals surface area (Å²) in [6.07, 6.45) is 0. The van der Waals surface area contributed by atoms with Crippen molar-refractivity contribution in [3.63, 3.8) is 0 Å². The van der Waals surface area contributed by atoms with E-state index < -0.39 is 54.7 Å². The van der Waals surface area contributed by atoms with Gasteiger partial charge in [-0.15, -0.1) is 22.2 Å². The predicted octanol–water partition coefficient (Wildman–Crippen LogP) is 8.26. The van der Waals surface area contributed by atoms with Crippen LogP contribution in [0.1, 0.15) is 22.3 Å². The van der Waals surface area contributed by atoms with E-state index in [1.54, 1.807) is 0 Å². The molecule has 236 valence electrons. The van der Waals surface area contributed by atoms with Crippen LogP contribution < -0.4 is 0 Å². The van der Waals surface area contributed by atoms with Gasteiger partial charge >= 0.3 is 0 Å². The van der Waals surface area contributed by atoms with E-state index >= 15 is 0 Å². The quantitative estimate of drug-likeness (QED) is 0.159. The molecular formula is C40H48O2Si4. The van der Waals surface area contributed by atoms with E-state index in [1.807, 2.05) is 0 Å². The van der Waals surface area contributed by atoms with Crippen molar-refractivity contribution in [2.75, 3.05) is 0 Å². The van der Waals surface area contributed by atoms with Gasteiger partial charge in [0.2, 0.25) is 0 Å². The number of rotatable bonds is 0. The van der Waals surface area contributed by atoms with E-state index in [9.17, 15) is 0 Å². The molecule has 6 heteroatoms. The van der Waals surface area contributed by atoms with Crippen LogP contribution in [0.2, 0.25) is 78.6 Å². The largest absolute Gasteiger partial charge is 0.334 e. The Morgan fingerprint density at radius 2 is 0.587 bits per heavy atom. The Labute approximate surface area is 281 Å². The van der Waals surface area contributed by atoms with Gasteiger partial charge in [-0.25, -0.2) is 0 Å². The summed E-state index contributed by atoms with van der Waals surface area (Å²) in [7, 11) is -6.99. The van der Waals surface area contributed by atoms with Crippen LogP contribution in [-0.4, -0.2) is 32.3 Å². The minimum atomic E-state index is -1.75. The first-order chi connectivity index (χ1) is 21.2. The lowest BCUT2D eigenvalue weighted by Gasteiger charge is -2.59. The lowest BCUT2D eigenvalue weighted by Crippen LogP contribution is -2.64. The fourth-order valence-electron chi connectivity index (χ4n) is 8.58. The number of ether oxygens (including phenoxy) is 2. The maximum atomic E-state index is 7.60. The summed E-state index contributed by atoms with van der Waals surface area (Å²) >= 11 is 0. The fourth-order valence-corrected chi connectivity index (χ4v) is 10.8. The average molecular weight is 673 g/mol. The zero-order chi connectivity index (χ0) is 33.3. The van der Waals surface area contributed by atoms with Gasteiger partial charge in [-0.3, -0.25) is 0 Å². The molecule has 2 aromatic rings. The van der Waals surface area contributed by atoms with Crippen LogP contribution in [-0.2, 0) is 31.9 Å². The molecule has 2 saturated heterocycles. The Kier molecular flexibility index (Phi) is 6.65. The van der Waals surface area contributed by atoms with Crippen molar-refractivity contribution < 1.29 is 9.47 Å². The number of hydrogen-bond donors (Lipinski definition) is 0. The van der Waals surface area contributed by atoms with Gasteiger partial charge in [0.1, 0.15) is 32.3 Å². The molecule has 0 amide bonds. The van der Waals surface area contributed by atoms with E-state index in [0.717, 1.165) is 0 Å². The zero-order valence-electron chi connectivity index (χ0n) is 29.7. The van der Waals surface area contributed by atoms with Gasteiger partial charge < -0.3 is 9.47 Å². The minimum absolute atomic E-state index is 0.104. The van der Waals surface area contributed by atoms with E-state index in [2.05, 4.69) is 173 Å². The summed E-state index contributed by atoms with van der Waals surface area (Å²) in [5, 5.41) is 0. The summed E-state index contributed by atoms with van der Waals surface area (Å²) < 4.78 is 15.2. The number of hydrogen-bond acceptors (Lipinski definition) is 2. The van der Waals surface area contributed by atoms with Crippen LogP contribution in [0.25, 0.3) is 0 Å². The highest BCUT2D eigenvalue weighted by molar-refractivity contribution is 6.85. The highest BCUT2D eigenvalue weighted by Crippen LogP contribution is 2.84. The first kappa shape index (κ1) is 32.0. The minimum Gasteiger partial charge on any atom is -0.334 e. The molecule has 4 bridgehead atoms. The van der Waals surface area contributed by atoms with E-state index in [-0.39, 0.29) is 23.7 Å². The van der Waals surface area contributed by atoms with Crippen LogP contribution in [0.15, 0.2) is 48.5 Å². The maximum Gasteiger partial charge on any atom is 0.160 e. The van der Waals surface area contributed by atoms with Crippen molar-refractivity contribution >= 4 is 32.3 Å². The summed E-state index contributed by atoms with van der Waals surface area (Å²) in [4.78, 5) is 0. The van der Waals surface area contributed by atoms with Crippen LogP contribution in [0.4, 0.5) is 0 Å². The molecule has 5 aliphatic rings. The summed E-state index contributed by atoms with van der Waals surface area (Å²) in [6.45, 7) is 27.9. The van der Waals surface area contributed by atoms with Gasteiger partial charge in [0.15, 0.2) is 22.4 Å². The molecule has 0 radical (unpaired) electrons. The molecule has 1 saturated carbocycles. The first-order valence-electron chi connectivity index (χ1n) is 17.0. The Hall–Kier alpha value is -2.53. The molecular weight excluding hydrogens is 625 g/mol. The second-order valence-corrected chi connectivity index (χ2v) is 37.3.